The van der Waals surface area contributed by atoms with Crippen LogP contribution in [-0.4, -0.2) is 48.2 Å². The van der Waals surface area contributed by atoms with Crippen LogP contribution in [0.25, 0.3) is 22.4 Å². The number of halogens is 3. The number of imidazole rings is 1. The minimum atomic E-state index is -4.42. The summed E-state index contributed by atoms with van der Waals surface area (Å²) >= 11 is 0. The topological polar surface area (TPSA) is 101 Å². The second kappa shape index (κ2) is 6.79. The number of rotatable bonds is 7. The average molecular weight is 560 g/mol. The first-order chi connectivity index (χ1) is 19.8. The maximum Gasteiger partial charge on any atom is 0.434 e. The van der Waals surface area contributed by atoms with E-state index in [0.717, 1.165) is 24.7 Å². The Bertz CT molecular complexity index is 1780. The van der Waals surface area contributed by atoms with Gasteiger partial charge in [0, 0.05) is 36.2 Å². The van der Waals surface area contributed by atoms with Crippen LogP contribution in [0.1, 0.15) is 36.0 Å². The maximum absolute atomic E-state index is 13.4. The number of fused-ring (bicyclic) bond motifs is 1. The summed E-state index contributed by atoms with van der Waals surface area (Å²) in [6.45, 7) is 0.529. The number of nitrogens with zero attached hydrogens (tertiary/aromatic N) is 7. The van der Waals surface area contributed by atoms with Gasteiger partial charge < -0.3 is 14.0 Å². The molecule has 7 aliphatic carbocycles. The number of aromatic nitrogens is 7. The van der Waals surface area contributed by atoms with Crippen molar-refractivity contribution in [3.05, 3.63) is 48.1 Å². The summed E-state index contributed by atoms with van der Waals surface area (Å²) in [7, 11) is 3.28. The molecule has 7 fully saturated rings. The number of hydrogen-bond donors (Lipinski definition) is 0. The fourth-order valence-electron chi connectivity index (χ4n) is 10.3. The third kappa shape index (κ3) is 2.28. The molecule has 4 heterocycles. The fraction of sp³-hybridized carbons (Fsp3) is 0.517. The highest BCUT2D eigenvalue weighted by molar-refractivity contribution is 5.82. The number of ether oxygens (including phenoxy) is 2. The lowest BCUT2D eigenvalue weighted by atomic mass is 8.92. The van der Waals surface area contributed by atoms with Crippen LogP contribution in [0.2, 0.25) is 0 Å². The summed E-state index contributed by atoms with van der Waals surface area (Å²) in [5, 5.41) is 0. The Labute approximate surface area is 231 Å². The lowest BCUT2D eigenvalue weighted by molar-refractivity contribution is -0.632. The van der Waals surface area contributed by atoms with E-state index >= 15 is 0 Å². The normalized spacial score (nSPS) is 36.4. The summed E-state index contributed by atoms with van der Waals surface area (Å²) in [6.07, 6.45) is 2.05. The number of pyridine rings is 1. The summed E-state index contributed by atoms with van der Waals surface area (Å²) in [4.78, 5) is 27.2. The molecule has 0 spiro atoms. The van der Waals surface area contributed by atoms with Crippen molar-refractivity contribution in [3.8, 4) is 23.1 Å². The van der Waals surface area contributed by atoms with Gasteiger partial charge in [-0.3, -0.25) is 0 Å². The number of hydrogen-bond acceptors (Lipinski definition) is 8. The van der Waals surface area contributed by atoms with Crippen molar-refractivity contribution >= 4 is 11.0 Å². The summed E-state index contributed by atoms with van der Waals surface area (Å²) < 4.78 is 53.8. The summed E-state index contributed by atoms with van der Waals surface area (Å²) in [5.41, 5.74) is 2.01. The Hall–Kier alpha value is -3.83. The highest BCUT2D eigenvalue weighted by atomic mass is 19.4. The molecule has 0 radical (unpaired) electrons. The van der Waals surface area contributed by atoms with Gasteiger partial charge in [-0.1, -0.05) is 0 Å². The summed E-state index contributed by atoms with van der Waals surface area (Å²) in [5.74, 6) is 4.99. The van der Waals surface area contributed by atoms with Crippen molar-refractivity contribution in [2.75, 3.05) is 13.7 Å². The molecule has 4 aromatic heterocycles. The van der Waals surface area contributed by atoms with Crippen LogP contribution < -0.4 is 9.47 Å². The molecule has 7 aliphatic rings. The molecule has 0 aromatic carbocycles. The van der Waals surface area contributed by atoms with Gasteiger partial charge in [0.05, 0.1) is 24.9 Å². The van der Waals surface area contributed by atoms with Gasteiger partial charge >= 0.3 is 6.18 Å². The van der Waals surface area contributed by atoms with Crippen LogP contribution in [-0.2, 0) is 18.6 Å². The van der Waals surface area contributed by atoms with Crippen molar-refractivity contribution < 1.29 is 22.6 Å². The first kappa shape index (κ1) is 22.8. The van der Waals surface area contributed by atoms with Crippen molar-refractivity contribution in [3.63, 3.8) is 0 Å². The Kier molecular flexibility index (Phi) is 3.78. The van der Waals surface area contributed by atoms with E-state index in [0.29, 0.717) is 88.0 Å². The highest BCUT2D eigenvalue weighted by Crippen LogP contribution is 3.09. The lowest BCUT2D eigenvalue weighted by Gasteiger charge is -3.10. The van der Waals surface area contributed by atoms with E-state index in [-0.39, 0.29) is 10.8 Å². The van der Waals surface area contributed by atoms with Gasteiger partial charge in [0.1, 0.15) is 17.7 Å². The standard InChI is InChI=1S/C29H24F3N7O2/c1-39-8-13(29(30,31)32)37-26(39)28-18-15-19(28)17-20(28)16(18)27(15,17)9-41-25-22-12(4-3-7-33-22)36-23(38-25)14-21(11-5-6-11)34-10-35-24(14)40-2/h3-4,7-8,10-11,15-20H,5-6,9H2,1-2H3. The molecule has 7 saturated carbocycles. The van der Waals surface area contributed by atoms with Gasteiger partial charge in [-0.2, -0.15) is 18.2 Å². The highest BCUT2D eigenvalue weighted by Gasteiger charge is 3.10. The predicted molar refractivity (Wildman–Crippen MR) is 136 cm³/mol. The predicted octanol–water partition coefficient (Wildman–Crippen LogP) is 4.19. The van der Waals surface area contributed by atoms with Crippen LogP contribution in [0.15, 0.2) is 30.9 Å². The van der Waals surface area contributed by atoms with Gasteiger partial charge in [-0.15, -0.1) is 0 Å². The van der Waals surface area contributed by atoms with Gasteiger partial charge in [-0.05, 0) is 60.5 Å². The maximum atomic E-state index is 13.4. The average Bonchev–Trinajstić information content (AvgIpc) is 3.75. The SMILES string of the molecule is COc1ncnc(C2CC2)c1-c1nc(OCC23C4C5C2C2C3C4C52c2nc(C(F)(F)F)cn2C)c2ncccc2n1. The molecule has 0 amide bonds. The van der Waals surface area contributed by atoms with E-state index in [9.17, 15) is 13.2 Å². The molecule has 0 aliphatic heterocycles. The van der Waals surface area contributed by atoms with Crippen LogP contribution >= 0.6 is 0 Å². The first-order valence-corrected chi connectivity index (χ1v) is 14.1. The van der Waals surface area contributed by atoms with E-state index in [1.165, 1.54) is 6.33 Å². The molecule has 0 saturated heterocycles. The second-order valence-electron chi connectivity index (χ2n) is 12.7. The van der Waals surface area contributed by atoms with Crippen molar-refractivity contribution in [1.82, 2.24) is 34.5 Å². The van der Waals surface area contributed by atoms with E-state index in [1.54, 1.807) is 24.9 Å². The molecule has 0 atom stereocenters. The third-order valence-corrected chi connectivity index (χ3v) is 11.5. The zero-order valence-electron chi connectivity index (χ0n) is 22.1. The third-order valence-electron chi connectivity index (χ3n) is 11.5. The Morgan fingerprint density at radius 3 is 2.39 bits per heavy atom. The summed E-state index contributed by atoms with van der Waals surface area (Å²) in [6, 6.07) is 3.73. The molecule has 41 heavy (non-hydrogen) atoms. The monoisotopic (exact) mass is 559 g/mol. The number of alkyl halides is 3. The Morgan fingerprint density at radius 1 is 0.976 bits per heavy atom. The molecular weight excluding hydrogens is 535 g/mol. The van der Waals surface area contributed by atoms with Crippen molar-refractivity contribution in [1.29, 1.82) is 0 Å². The molecule has 4 aromatic rings. The zero-order chi connectivity index (χ0) is 27.6. The molecule has 11 rings (SSSR count). The van der Waals surface area contributed by atoms with E-state index in [2.05, 4.69) is 19.9 Å². The Balaban J connectivity index is 0.965. The molecule has 208 valence electrons. The minimum absolute atomic E-state index is 0.0959. The van der Waals surface area contributed by atoms with Crippen LogP contribution in [0.3, 0.4) is 0 Å². The molecule has 0 bridgehead atoms. The largest absolute Gasteiger partial charge is 0.480 e. The number of methoxy groups -OCH3 is 1. The Morgan fingerprint density at radius 2 is 1.73 bits per heavy atom. The molecule has 12 heteroatoms. The van der Waals surface area contributed by atoms with Gasteiger partial charge in [0.25, 0.3) is 0 Å². The van der Waals surface area contributed by atoms with Crippen molar-refractivity contribution in [2.24, 2.45) is 48.0 Å². The lowest BCUT2D eigenvalue weighted by Crippen LogP contribution is -3.12. The second-order valence-corrected chi connectivity index (χ2v) is 12.7. The number of aryl methyl sites for hydroxylation is 1. The molecule has 0 N–H and O–H groups in total. The van der Waals surface area contributed by atoms with E-state index in [4.69, 9.17) is 19.4 Å². The van der Waals surface area contributed by atoms with Crippen LogP contribution in [0.5, 0.6) is 11.8 Å². The molecule has 0 unspecified atom stereocenters. The van der Waals surface area contributed by atoms with Crippen LogP contribution in [0.4, 0.5) is 13.2 Å². The van der Waals surface area contributed by atoms with Gasteiger partial charge in [0.2, 0.25) is 11.8 Å². The van der Waals surface area contributed by atoms with Gasteiger partial charge in [0.15, 0.2) is 17.0 Å². The molecular formula is C29H24F3N7O2. The van der Waals surface area contributed by atoms with E-state index < -0.39 is 11.9 Å². The fourth-order valence-corrected chi connectivity index (χ4v) is 10.3. The van der Waals surface area contributed by atoms with Gasteiger partial charge in [-0.25, -0.2) is 24.9 Å². The van der Waals surface area contributed by atoms with Crippen LogP contribution in [0, 0.1) is 40.9 Å². The van der Waals surface area contributed by atoms with Crippen molar-refractivity contribution in [2.45, 2.75) is 30.4 Å². The first-order valence-electron chi connectivity index (χ1n) is 14.1. The quantitative estimate of drug-likeness (QED) is 0.332. The smallest absolute Gasteiger partial charge is 0.434 e. The minimum Gasteiger partial charge on any atom is -0.480 e. The molecule has 9 nitrogen and oxygen atoms in total. The zero-order valence-corrected chi connectivity index (χ0v) is 22.1. The van der Waals surface area contributed by atoms with E-state index in [1.807, 2.05) is 12.1 Å².